The van der Waals surface area contributed by atoms with Crippen molar-refractivity contribution in [2.75, 3.05) is 33.0 Å². The van der Waals surface area contributed by atoms with Crippen LogP contribution in [0.4, 0.5) is 0 Å². The van der Waals surface area contributed by atoms with Crippen LogP contribution in [-0.2, 0) is 13.1 Å². The van der Waals surface area contributed by atoms with Crippen LogP contribution in [0.5, 0.6) is 11.5 Å². The zero-order valence-corrected chi connectivity index (χ0v) is 15.3. The minimum atomic E-state index is 0.350. The number of ether oxygens (including phenoxy) is 2. The van der Waals surface area contributed by atoms with Gasteiger partial charge in [0.05, 0.1) is 0 Å². The van der Waals surface area contributed by atoms with E-state index in [9.17, 15) is 0 Å². The van der Waals surface area contributed by atoms with Gasteiger partial charge in [0, 0.05) is 15.6 Å². The summed E-state index contributed by atoms with van der Waals surface area (Å²) < 4.78 is 12.0. The third-order valence-corrected chi connectivity index (χ3v) is 5.39. The summed E-state index contributed by atoms with van der Waals surface area (Å²) in [5.74, 6) is 1.77. The van der Waals surface area contributed by atoms with Crippen LogP contribution in [-0.4, -0.2) is 33.0 Å². The normalized spacial score (nSPS) is 22.5. The van der Waals surface area contributed by atoms with Crippen LogP contribution in [0.2, 0.25) is 0 Å². The zero-order valence-electron chi connectivity index (χ0n) is 13.7. The molecule has 0 radical (unpaired) electrons. The van der Waals surface area contributed by atoms with Gasteiger partial charge in [0.25, 0.3) is 0 Å². The summed E-state index contributed by atoms with van der Waals surface area (Å²) in [6, 6.07) is 15.0. The summed E-state index contributed by atoms with van der Waals surface area (Å²) in [6.45, 7) is 7.44. The maximum atomic E-state index is 5.48. The van der Waals surface area contributed by atoms with Crippen LogP contribution in [0.3, 0.4) is 0 Å². The number of nitrogens with one attached hydrogen (secondary N) is 2. The summed E-state index contributed by atoms with van der Waals surface area (Å²) >= 11 is 3.56. The summed E-state index contributed by atoms with van der Waals surface area (Å²) in [6.07, 6.45) is 0. The molecule has 0 spiro atoms. The molecule has 0 atom stereocenters. The number of benzene rings is 2. The molecule has 2 aliphatic rings. The Morgan fingerprint density at radius 3 is 2.17 bits per heavy atom. The van der Waals surface area contributed by atoms with Gasteiger partial charge in [0.2, 0.25) is 6.79 Å². The average Bonchev–Trinajstić information content (AvgIpc) is 3.04. The predicted octanol–water partition coefficient (Wildman–Crippen LogP) is 0.661. The second kappa shape index (κ2) is 7.13. The number of fused-ring (bicyclic) bond motifs is 1. The van der Waals surface area contributed by atoms with Crippen LogP contribution in [0.15, 0.2) is 46.9 Å². The number of hydrogen-bond acceptors (Lipinski definition) is 2. The van der Waals surface area contributed by atoms with Gasteiger partial charge in [0.1, 0.15) is 39.3 Å². The molecule has 2 N–H and O–H groups in total. The standard InChI is InChI=1S/C19H21BrN2O2/c20-17-3-1-2-15(10-17)12-21-6-8-22(9-7-21)13-16-4-5-18-19(11-16)24-14-23-18/h1-5,10-11H,6-9,12-14H2/p+2. The van der Waals surface area contributed by atoms with E-state index in [1.165, 1.54) is 41.8 Å². The lowest BCUT2D eigenvalue weighted by atomic mass is 10.1. The minimum absolute atomic E-state index is 0.350. The van der Waals surface area contributed by atoms with Crippen molar-refractivity contribution in [3.63, 3.8) is 0 Å². The molecule has 4 nitrogen and oxygen atoms in total. The molecule has 0 bridgehead atoms. The predicted molar refractivity (Wildman–Crippen MR) is 95.5 cm³/mol. The van der Waals surface area contributed by atoms with Crippen molar-refractivity contribution in [3.8, 4) is 11.5 Å². The molecule has 0 aromatic heterocycles. The molecule has 24 heavy (non-hydrogen) atoms. The molecule has 5 heteroatoms. The van der Waals surface area contributed by atoms with Gasteiger partial charge >= 0.3 is 0 Å². The molecule has 0 aliphatic carbocycles. The van der Waals surface area contributed by atoms with E-state index >= 15 is 0 Å². The van der Waals surface area contributed by atoms with Crippen molar-refractivity contribution in [1.29, 1.82) is 0 Å². The first-order valence-corrected chi connectivity index (χ1v) is 9.36. The first kappa shape index (κ1) is 15.9. The SMILES string of the molecule is Brc1cccc(C[NH+]2CC[NH+](Cc3ccc4c(c3)OCO4)CC2)c1. The van der Waals surface area contributed by atoms with Gasteiger partial charge in [-0.3, -0.25) is 0 Å². The Morgan fingerprint density at radius 1 is 0.792 bits per heavy atom. The van der Waals surface area contributed by atoms with Crippen LogP contribution in [0, 0.1) is 0 Å². The zero-order chi connectivity index (χ0) is 16.4. The molecule has 2 aromatic rings. The Hall–Kier alpha value is -1.56. The monoisotopic (exact) mass is 390 g/mol. The second-order valence-electron chi connectivity index (χ2n) is 6.67. The van der Waals surface area contributed by atoms with Gasteiger partial charge in [-0.15, -0.1) is 0 Å². The fourth-order valence-electron chi connectivity index (χ4n) is 3.59. The lowest BCUT2D eigenvalue weighted by Crippen LogP contribution is -3.27. The third-order valence-electron chi connectivity index (χ3n) is 4.90. The molecule has 4 rings (SSSR count). The Kier molecular flexibility index (Phi) is 4.74. The summed E-state index contributed by atoms with van der Waals surface area (Å²) in [7, 11) is 0. The van der Waals surface area contributed by atoms with E-state index in [0.29, 0.717) is 6.79 Å². The van der Waals surface area contributed by atoms with Gasteiger partial charge < -0.3 is 19.3 Å². The Labute approximate surface area is 151 Å². The molecular weight excluding hydrogens is 368 g/mol. The van der Waals surface area contributed by atoms with E-state index in [4.69, 9.17) is 9.47 Å². The van der Waals surface area contributed by atoms with Crippen LogP contribution in [0.1, 0.15) is 11.1 Å². The average molecular weight is 391 g/mol. The summed E-state index contributed by atoms with van der Waals surface area (Å²) in [5, 5.41) is 0. The largest absolute Gasteiger partial charge is 0.454 e. The second-order valence-corrected chi connectivity index (χ2v) is 7.59. The maximum Gasteiger partial charge on any atom is 0.231 e. The van der Waals surface area contributed by atoms with Crippen molar-refractivity contribution in [2.24, 2.45) is 0 Å². The van der Waals surface area contributed by atoms with E-state index in [1.54, 1.807) is 9.80 Å². The van der Waals surface area contributed by atoms with Gasteiger partial charge in [-0.2, -0.15) is 0 Å². The van der Waals surface area contributed by atoms with E-state index in [0.717, 1.165) is 24.6 Å². The summed E-state index contributed by atoms with van der Waals surface area (Å²) in [5.41, 5.74) is 2.75. The number of halogens is 1. The highest BCUT2D eigenvalue weighted by Gasteiger charge is 2.24. The van der Waals surface area contributed by atoms with Crippen LogP contribution >= 0.6 is 15.9 Å². The molecular formula is C19H23BrN2O2+2. The molecule has 126 valence electrons. The van der Waals surface area contributed by atoms with Crippen molar-refractivity contribution in [1.82, 2.24) is 0 Å². The van der Waals surface area contributed by atoms with Crippen molar-refractivity contribution in [2.45, 2.75) is 13.1 Å². The van der Waals surface area contributed by atoms with E-state index in [1.807, 2.05) is 6.07 Å². The number of piperazine rings is 1. The van der Waals surface area contributed by atoms with Crippen molar-refractivity contribution < 1.29 is 19.3 Å². The number of hydrogen-bond donors (Lipinski definition) is 2. The smallest absolute Gasteiger partial charge is 0.231 e. The van der Waals surface area contributed by atoms with Gasteiger partial charge in [0.15, 0.2) is 11.5 Å². The first-order chi connectivity index (χ1) is 11.8. The van der Waals surface area contributed by atoms with E-state index in [-0.39, 0.29) is 0 Å². The topological polar surface area (TPSA) is 27.3 Å². The van der Waals surface area contributed by atoms with E-state index < -0.39 is 0 Å². The summed E-state index contributed by atoms with van der Waals surface area (Å²) in [4.78, 5) is 3.34. The molecule has 0 saturated carbocycles. The fraction of sp³-hybridized carbons (Fsp3) is 0.368. The highest BCUT2D eigenvalue weighted by atomic mass is 79.9. The van der Waals surface area contributed by atoms with E-state index in [2.05, 4.69) is 52.3 Å². The molecule has 0 amide bonds. The van der Waals surface area contributed by atoms with Gasteiger partial charge in [-0.1, -0.05) is 28.1 Å². The molecule has 2 heterocycles. The maximum absolute atomic E-state index is 5.48. The van der Waals surface area contributed by atoms with Crippen molar-refractivity contribution >= 4 is 15.9 Å². The number of rotatable bonds is 4. The van der Waals surface area contributed by atoms with Crippen molar-refractivity contribution in [3.05, 3.63) is 58.1 Å². The first-order valence-electron chi connectivity index (χ1n) is 8.56. The molecule has 1 saturated heterocycles. The van der Waals surface area contributed by atoms with Gasteiger partial charge in [-0.25, -0.2) is 0 Å². The van der Waals surface area contributed by atoms with Gasteiger partial charge in [-0.05, 0) is 30.3 Å². The lowest BCUT2D eigenvalue weighted by Gasteiger charge is -2.29. The molecule has 1 fully saturated rings. The fourth-order valence-corrected chi connectivity index (χ4v) is 4.03. The number of quaternary nitrogens is 2. The van der Waals surface area contributed by atoms with Crippen LogP contribution < -0.4 is 19.3 Å². The molecule has 2 aromatic carbocycles. The Bertz CT molecular complexity index is 714. The minimum Gasteiger partial charge on any atom is -0.454 e. The van der Waals surface area contributed by atoms with Crippen LogP contribution in [0.25, 0.3) is 0 Å². The lowest BCUT2D eigenvalue weighted by molar-refractivity contribution is -1.02. The Morgan fingerprint density at radius 2 is 1.46 bits per heavy atom. The quantitative estimate of drug-likeness (QED) is 0.802. The molecule has 0 unspecified atom stereocenters. The molecule has 2 aliphatic heterocycles. The highest BCUT2D eigenvalue weighted by molar-refractivity contribution is 9.10. The highest BCUT2D eigenvalue weighted by Crippen LogP contribution is 2.32. The third kappa shape index (κ3) is 3.74. The Balaban J connectivity index is 1.30.